The Bertz CT molecular complexity index is 367. The zero-order valence-corrected chi connectivity index (χ0v) is 8.69. The first-order valence-corrected chi connectivity index (χ1v) is 5.47. The van der Waals surface area contributed by atoms with Gasteiger partial charge in [0, 0.05) is 6.42 Å². The van der Waals surface area contributed by atoms with Crippen molar-refractivity contribution in [3.63, 3.8) is 0 Å². The van der Waals surface area contributed by atoms with Crippen molar-refractivity contribution in [2.75, 3.05) is 0 Å². The molecule has 0 aromatic heterocycles. The van der Waals surface area contributed by atoms with Crippen LogP contribution in [0.4, 0.5) is 0 Å². The summed E-state index contributed by atoms with van der Waals surface area (Å²) in [4.78, 5) is 0. The molecular formula is C12H14O4. The molecule has 5 atom stereocenters. The third-order valence-electron chi connectivity index (χ3n) is 3.13. The maximum atomic E-state index is 10.0. The van der Waals surface area contributed by atoms with Gasteiger partial charge in [-0.2, -0.15) is 0 Å². The first kappa shape index (κ1) is 10.2. The van der Waals surface area contributed by atoms with Crippen LogP contribution in [0, 0.1) is 0 Å². The summed E-state index contributed by atoms with van der Waals surface area (Å²) < 4.78 is 10.4. The van der Waals surface area contributed by atoms with Crippen LogP contribution >= 0.6 is 0 Å². The molecule has 0 saturated carbocycles. The number of ether oxygens (including phenoxy) is 2. The van der Waals surface area contributed by atoms with Gasteiger partial charge in [0.1, 0.15) is 18.3 Å². The van der Waals surface area contributed by atoms with Crippen LogP contribution in [0.3, 0.4) is 0 Å². The second kappa shape index (κ2) is 3.82. The number of hydrogen-bond acceptors (Lipinski definition) is 4. The molecule has 1 aromatic rings. The smallest absolute Gasteiger partial charge is 0.184 e. The van der Waals surface area contributed by atoms with Crippen molar-refractivity contribution in [3.05, 3.63) is 35.9 Å². The summed E-state index contributed by atoms with van der Waals surface area (Å²) in [5, 5.41) is 19.4. The highest BCUT2D eigenvalue weighted by Gasteiger charge is 2.59. The molecule has 0 bridgehead atoms. The number of rotatable bonds is 3. The Balaban J connectivity index is 1.64. The lowest BCUT2D eigenvalue weighted by molar-refractivity contribution is -0.166. The molecule has 0 radical (unpaired) electrons. The van der Waals surface area contributed by atoms with Crippen molar-refractivity contribution in [3.8, 4) is 0 Å². The van der Waals surface area contributed by atoms with Crippen LogP contribution in [0.2, 0.25) is 0 Å². The first-order chi connectivity index (χ1) is 7.75. The van der Waals surface area contributed by atoms with Gasteiger partial charge >= 0.3 is 0 Å². The van der Waals surface area contributed by atoms with Crippen LogP contribution < -0.4 is 0 Å². The van der Waals surface area contributed by atoms with Crippen LogP contribution in [-0.2, 0) is 15.9 Å². The fourth-order valence-electron chi connectivity index (χ4n) is 2.23. The third kappa shape index (κ3) is 1.74. The van der Waals surface area contributed by atoms with Crippen molar-refractivity contribution < 1.29 is 19.7 Å². The van der Waals surface area contributed by atoms with Crippen molar-refractivity contribution in [1.82, 2.24) is 0 Å². The van der Waals surface area contributed by atoms with Crippen LogP contribution in [0.25, 0.3) is 0 Å². The highest BCUT2D eigenvalue weighted by Crippen LogP contribution is 2.39. The Morgan fingerprint density at radius 1 is 1.12 bits per heavy atom. The number of aliphatic hydroxyl groups excluding tert-OH is 2. The largest absolute Gasteiger partial charge is 0.390 e. The molecule has 2 heterocycles. The predicted molar refractivity (Wildman–Crippen MR) is 55.7 cm³/mol. The van der Waals surface area contributed by atoms with E-state index in [-0.39, 0.29) is 12.2 Å². The molecule has 1 aromatic carbocycles. The Morgan fingerprint density at radius 2 is 1.88 bits per heavy atom. The molecule has 4 nitrogen and oxygen atoms in total. The van der Waals surface area contributed by atoms with Gasteiger partial charge in [-0.25, -0.2) is 0 Å². The molecule has 2 N–H and O–H groups in total. The quantitative estimate of drug-likeness (QED) is 0.711. The van der Waals surface area contributed by atoms with Crippen LogP contribution in [0.5, 0.6) is 0 Å². The van der Waals surface area contributed by atoms with Crippen molar-refractivity contribution >= 4 is 0 Å². The Labute approximate surface area is 93.4 Å². The van der Waals surface area contributed by atoms with Gasteiger partial charge in [0.25, 0.3) is 0 Å². The summed E-state index contributed by atoms with van der Waals surface area (Å²) in [6.45, 7) is 0. The zero-order chi connectivity index (χ0) is 11.1. The number of fused-ring (bicyclic) bond motifs is 1. The van der Waals surface area contributed by atoms with Crippen LogP contribution in [0.15, 0.2) is 30.3 Å². The fourth-order valence-corrected chi connectivity index (χ4v) is 2.23. The molecule has 16 heavy (non-hydrogen) atoms. The van der Waals surface area contributed by atoms with Crippen molar-refractivity contribution in [2.45, 2.75) is 37.1 Å². The van der Waals surface area contributed by atoms with Gasteiger partial charge in [0.05, 0.1) is 6.10 Å². The third-order valence-corrected chi connectivity index (χ3v) is 3.13. The molecule has 86 valence electrons. The van der Waals surface area contributed by atoms with E-state index in [1.165, 1.54) is 0 Å². The van der Waals surface area contributed by atoms with E-state index in [1.54, 1.807) is 0 Å². The molecule has 1 unspecified atom stereocenters. The standard InChI is InChI=1S/C12H14O4/c13-8(6-7-4-2-1-3-5-7)9-10-11(15-10)12(14)16-9/h1-5,8-14H,6H2/t8?,9-,10+,11-,12+/m1/s1. The second-order valence-corrected chi connectivity index (χ2v) is 4.31. The SMILES string of the molecule is OC(Cc1ccccc1)[C@H]1O[C@H](O)[C@@H]2O[C@H]21. The second-order valence-electron chi connectivity index (χ2n) is 4.31. The minimum atomic E-state index is -0.875. The van der Waals surface area contributed by atoms with E-state index in [2.05, 4.69) is 0 Å². The van der Waals surface area contributed by atoms with Crippen LogP contribution in [-0.4, -0.2) is 40.9 Å². The van der Waals surface area contributed by atoms with E-state index in [0.29, 0.717) is 6.42 Å². The molecule has 2 aliphatic rings. The van der Waals surface area contributed by atoms with E-state index in [1.807, 2.05) is 30.3 Å². The van der Waals surface area contributed by atoms with Crippen molar-refractivity contribution in [2.24, 2.45) is 0 Å². The Hall–Kier alpha value is -0.940. The lowest BCUT2D eigenvalue weighted by atomic mass is 10.0. The summed E-state index contributed by atoms with van der Waals surface area (Å²) >= 11 is 0. The Morgan fingerprint density at radius 3 is 2.44 bits per heavy atom. The van der Waals surface area contributed by atoms with Gasteiger partial charge in [0.2, 0.25) is 0 Å². The summed E-state index contributed by atoms with van der Waals surface area (Å²) in [6, 6.07) is 9.72. The van der Waals surface area contributed by atoms with Crippen molar-refractivity contribution in [1.29, 1.82) is 0 Å². The number of aliphatic hydroxyl groups is 2. The van der Waals surface area contributed by atoms with E-state index >= 15 is 0 Å². The van der Waals surface area contributed by atoms with Gasteiger partial charge < -0.3 is 19.7 Å². The average molecular weight is 222 g/mol. The molecule has 3 rings (SSSR count). The molecular weight excluding hydrogens is 208 g/mol. The maximum Gasteiger partial charge on any atom is 0.184 e. The van der Waals surface area contributed by atoms with E-state index in [9.17, 15) is 10.2 Å². The maximum absolute atomic E-state index is 10.0. The molecule has 0 spiro atoms. The lowest BCUT2D eigenvalue weighted by Gasteiger charge is -2.20. The van der Waals surface area contributed by atoms with E-state index in [0.717, 1.165) is 5.56 Å². The molecule has 2 aliphatic heterocycles. The summed E-state index contributed by atoms with van der Waals surface area (Å²) in [6.07, 6.45) is -1.75. The van der Waals surface area contributed by atoms with Gasteiger partial charge in [0.15, 0.2) is 6.29 Å². The molecule has 2 fully saturated rings. The minimum Gasteiger partial charge on any atom is -0.390 e. The Kier molecular flexibility index (Phi) is 2.44. The minimum absolute atomic E-state index is 0.131. The van der Waals surface area contributed by atoms with Gasteiger partial charge in [-0.15, -0.1) is 0 Å². The van der Waals surface area contributed by atoms with Gasteiger partial charge in [-0.05, 0) is 5.56 Å². The summed E-state index contributed by atoms with van der Waals surface area (Å²) in [5.74, 6) is 0. The number of epoxide rings is 1. The first-order valence-electron chi connectivity index (χ1n) is 5.47. The lowest BCUT2D eigenvalue weighted by Crippen LogP contribution is -2.34. The van der Waals surface area contributed by atoms with E-state index in [4.69, 9.17) is 9.47 Å². The van der Waals surface area contributed by atoms with Gasteiger partial charge in [-0.1, -0.05) is 30.3 Å². The summed E-state index contributed by atoms with van der Waals surface area (Å²) in [7, 11) is 0. The molecule has 0 amide bonds. The normalized spacial score (nSPS) is 38.1. The molecule has 2 saturated heterocycles. The molecule has 4 heteroatoms. The average Bonchev–Trinajstić information content (AvgIpc) is 3.01. The van der Waals surface area contributed by atoms with Crippen LogP contribution in [0.1, 0.15) is 5.56 Å². The number of hydrogen-bond donors (Lipinski definition) is 2. The fraction of sp³-hybridized carbons (Fsp3) is 0.500. The van der Waals surface area contributed by atoms with Gasteiger partial charge in [-0.3, -0.25) is 0 Å². The zero-order valence-electron chi connectivity index (χ0n) is 8.69. The van der Waals surface area contributed by atoms with E-state index < -0.39 is 18.5 Å². The monoisotopic (exact) mass is 222 g/mol. The summed E-state index contributed by atoms with van der Waals surface area (Å²) in [5.41, 5.74) is 1.05. The topological polar surface area (TPSA) is 62.2 Å². The molecule has 0 aliphatic carbocycles. The predicted octanol–water partition coefficient (Wildman–Crippen LogP) is 0.0746. The number of benzene rings is 1. The highest BCUT2D eigenvalue weighted by molar-refractivity contribution is 5.16. The highest BCUT2D eigenvalue weighted by atomic mass is 16.7.